The molecule has 2 fully saturated rings. The van der Waals surface area contributed by atoms with Gasteiger partial charge >= 0.3 is 0 Å². The third-order valence-corrected chi connectivity index (χ3v) is 4.41. The summed E-state index contributed by atoms with van der Waals surface area (Å²) in [5.41, 5.74) is 2.13. The molecule has 1 atom stereocenters. The minimum Gasteiger partial charge on any atom is -0.371 e. The van der Waals surface area contributed by atoms with Gasteiger partial charge in [0.05, 0.1) is 6.54 Å². The largest absolute Gasteiger partial charge is 0.371 e. The van der Waals surface area contributed by atoms with Crippen molar-refractivity contribution in [3.8, 4) is 0 Å². The second kappa shape index (κ2) is 5.83. The summed E-state index contributed by atoms with van der Waals surface area (Å²) >= 11 is 0. The van der Waals surface area contributed by atoms with E-state index in [2.05, 4.69) is 34.2 Å². The molecule has 0 aliphatic carbocycles. The number of anilines is 2. The van der Waals surface area contributed by atoms with Crippen LogP contribution < -0.4 is 10.2 Å². The van der Waals surface area contributed by atoms with Crippen LogP contribution in [0.4, 0.5) is 11.4 Å². The van der Waals surface area contributed by atoms with Crippen molar-refractivity contribution in [3.63, 3.8) is 0 Å². The van der Waals surface area contributed by atoms with Crippen LogP contribution in [0.15, 0.2) is 24.3 Å². The van der Waals surface area contributed by atoms with E-state index >= 15 is 0 Å². The Morgan fingerprint density at radius 2 is 2.10 bits per heavy atom. The lowest BCUT2D eigenvalue weighted by atomic mass is 10.1. The molecular formula is C16H23N3O. The fourth-order valence-corrected chi connectivity index (χ4v) is 2.95. The average Bonchev–Trinajstić information content (AvgIpc) is 2.98. The molecule has 2 heterocycles. The second-order valence-corrected chi connectivity index (χ2v) is 5.90. The SMILES string of the molecule is CC1CCN1CC(=O)Nc1cccc(N2CCCC2)c1. The maximum absolute atomic E-state index is 12.0. The van der Waals surface area contributed by atoms with Crippen molar-refractivity contribution in [2.45, 2.75) is 32.2 Å². The monoisotopic (exact) mass is 273 g/mol. The summed E-state index contributed by atoms with van der Waals surface area (Å²) in [5, 5.41) is 3.02. The number of hydrogen-bond acceptors (Lipinski definition) is 3. The standard InChI is InChI=1S/C16H23N3O/c1-13-7-10-19(13)12-16(20)17-14-5-4-6-15(11-14)18-8-2-3-9-18/h4-6,11,13H,2-3,7-10,12H2,1H3,(H,17,20). The normalized spacial score (nSPS) is 22.6. The Kier molecular flexibility index (Phi) is 3.92. The first-order valence-electron chi connectivity index (χ1n) is 7.61. The van der Waals surface area contributed by atoms with Crippen LogP contribution in [0.2, 0.25) is 0 Å². The number of nitrogens with one attached hydrogen (secondary N) is 1. The zero-order valence-corrected chi connectivity index (χ0v) is 12.1. The molecule has 0 radical (unpaired) electrons. The van der Waals surface area contributed by atoms with Crippen LogP contribution in [-0.4, -0.2) is 43.0 Å². The fourth-order valence-electron chi connectivity index (χ4n) is 2.95. The highest BCUT2D eigenvalue weighted by atomic mass is 16.2. The van der Waals surface area contributed by atoms with Crippen molar-refractivity contribution in [3.05, 3.63) is 24.3 Å². The minimum atomic E-state index is 0.0927. The molecule has 2 aliphatic heterocycles. The van der Waals surface area contributed by atoms with Gasteiger partial charge in [-0.15, -0.1) is 0 Å². The van der Waals surface area contributed by atoms with Gasteiger partial charge in [-0.05, 0) is 44.4 Å². The number of likely N-dealkylation sites (tertiary alicyclic amines) is 1. The van der Waals surface area contributed by atoms with Gasteiger partial charge in [-0.25, -0.2) is 0 Å². The maximum atomic E-state index is 12.0. The molecule has 1 amide bonds. The van der Waals surface area contributed by atoms with Crippen LogP contribution in [0, 0.1) is 0 Å². The molecule has 4 heteroatoms. The Morgan fingerprint density at radius 1 is 1.30 bits per heavy atom. The molecular weight excluding hydrogens is 250 g/mol. The summed E-state index contributed by atoms with van der Waals surface area (Å²) in [7, 11) is 0. The number of benzene rings is 1. The Bertz CT molecular complexity index is 482. The molecule has 108 valence electrons. The van der Waals surface area contributed by atoms with E-state index in [4.69, 9.17) is 0 Å². The minimum absolute atomic E-state index is 0.0927. The van der Waals surface area contributed by atoms with Crippen LogP contribution in [0.3, 0.4) is 0 Å². The van der Waals surface area contributed by atoms with Crippen LogP contribution in [-0.2, 0) is 4.79 Å². The van der Waals surface area contributed by atoms with Gasteiger partial charge in [0.1, 0.15) is 0 Å². The Hall–Kier alpha value is -1.55. The lowest BCUT2D eigenvalue weighted by molar-refractivity contribution is -0.119. The summed E-state index contributed by atoms with van der Waals surface area (Å²) in [6, 6.07) is 8.75. The van der Waals surface area contributed by atoms with E-state index in [9.17, 15) is 4.79 Å². The van der Waals surface area contributed by atoms with Gasteiger partial charge in [0.2, 0.25) is 5.91 Å². The molecule has 0 saturated carbocycles. The number of carbonyl (C=O) groups excluding carboxylic acids is 1. The zero-order valence-electron chi connectivity index (χ0n) is 12.1. The van der Waals surface area contributed by atoms with E-state index < -0.39 is 0 Å². The second-order valence-electron chi connectivity index (χ2n) is 5.90. The summed E-state index contributed by atoms with van der Waals surface area (Å²) in [5.74, 6) is 0.0927. The average molecular weight is 273 g/mol. The van der Waals surface area contributed by atoms with E-state index in [-0.39, 0.29) is 5.91 Å². The smallest absolute Gasteiger partial charge is 0.238 e. The Morgan fingerprint density at radius 3 is 2.75 bits per heavy atom. The molecule has 1 aromatic carbocycles. The third-order valence-electron chi connectivity index (χ3n) is 4.41. The van der Waals surface area contributed by atoms with Gasteiger partial charge in [0.25, 0.3) is 0 Å². The highest BCUT2D eigenvalue weighted by Crippen LogP contribution is 2.23. The van der Waals surface area contributed by atoms with E-state index in [0.29, 0.717) is 12.6 Å². The molecule has 1 unspecified atom stereocenters. The summed E-state index contributed by atoms with van der Waals surface area (Å²) < 4.78 is 0. The third kappa shape index (κ3) is 2.96. The predicted octanol–water partition coefficient (Wildman–Crippen LogP) is 2.32. The molecule has 0 spiro atoms. The molecule has 0 aromatic heterocycles. The van der Waals surface area contributed by atoms with Crippen molar-refractivity contribution in [1.29, 1.82) is 0 Å². The summed E-state index contributed by atoms with van der Waals surface area (Å²) in [4.78, 5) is 16.6. The van der Waals surface area contributed by atoms with Crippen LogP contribution in [0.25, 0.3) is 0 Å². The molecule has 1 aromatic rings. The first-order valence-corrected chi connectivity index (χ1v) is 7.61. The van der Waals surface area contributed by atoms with Gasteiger partial charge < -0.3 is 10.2 Å². The molecule has 0 bridgehead atoms. The summed E-state index contributed by atoms with van der Waals surface area (Å²) in [6.45, 7) is 5.98. The van der Waals surface area contributed by atoms with Gasteiger partial charge in [-0.2, -0.15) is 0 Å². The molecule has 4 nitrogen and oxygen atoms in total. The van der Waals surface area contributed by atoms with Crippen molar-refractivity contribution < 1.29 is 4.79 Å². The quantitative estimate of drug-likeness (QED) is 0.914. The topological polar surface area (TPSA) is 35.6 Å². The maximum Gasteiger partial charge on any atom is 0.238 e. The van der Waals surface area contributed by atoms with Gasteiger partial charge in [0.15, 0.2) is 0 Å². The Balaban J connectivity index is 1.59. The molecule has 1 N–H and O–H groups in total. The van der Waals surface area contributed by atoms with E-state index in [1.807, 2.05) is 12.1 Å². The zero-order chi connectivity index (χ0) is 13.9. The lowest BCUT2D eigenvalue weighted by Gasteiger charge is -2.37. The first kappa shape index (κ1) is 13.4. The number of amides is 1. The summed E-state index contributed by atoms with van der Waals surface area (Å²) in [6.07, 6.45) is 3.74. The molecule has 3 rings (SSSR count). The molecule has 2 aliphatic rings. The van der Waals surface area contributed by atoms with Gasteiger partial charge in [-0.1, -0.05) is 6.07 Å². The van der Waals surface area contributed by atoms with E-state index in [1.165, 1.54) is 24.9 Å². The van der Waals surface area contributed by atoms with Gasteiger partial charge in [-0.3, -0.25) is 9.69 Å². The predicted molar refractivity (Wildman–Crippen MR) is 82.2 cm³/mol. The highest BCUT2D eigenvalue weighted by molar-refractivity contribution is 5.92. The highest BCUT2D eigenvalue weighted by Gasteiger charge is 2.25. The number of rotatable bonds is 4. The van der Waals surface area contributed by atoms with Crippen LogP contribution >= 0.6 is 0 Å². The first-order chi connectivity index (χ1) is 9.72. The number of carbonyl (C=O) groups is 1. The van der Waals surface area contributed by atoms with E-state index in [0.717, 1.165) is 25.3 Å². The van der Waals surface area contributed by atoms with Crippen LogP contribution in [0.5, 0.6) is 0 Å². The lowest BCUT2D eigenvalue weighted by Crippen LogP contribution is -2.49. The van der Waals surface area contributed by atoms with Crippen molar-refractivity contribution in [2.24, 2.45) is 0 Å². The van der Waals surface area contributed by atoms with Crippen LogP contribution in [0.1, 0.15) is 26.2 Å². The van der Waals surface area contributed by atoms with Crippen molar-refractivity contribution in [1.82, 2.24) is 4.90 Å². The molecule has 20 heavy (non-hydrogen) atoms. The van der Waals surface area contributed by atoms with Gasteiger partial charge in [0, 0.05) is 37.1 Å². The number of hydrogen-bond donors (Lipinski definition) is 1. The Labute approximate surface area is 120 Å². The van der Waals surface area contributed by atoms with Crippen molar-refractivity contribution >= 4 is 17.3 Å². The van der Waals surface area contributed by atoms with Crippen molar-refractivity contribution in [2.75, 3.05) is 36.4 Å². The van der Waals surface area contributed by atoms with E-state index in [1.54, 1.807) is 0 Å². The number of nitrogens with zero attached hydrogens (tertiary/aromatic N) is 2. The fraction of sp³-hybridized carbons (Fsp3) is 0.562. The molecule has 2 saturated heterocycles.